The van der Waals surface area contributed by atoms with E-state index in [1.807, 2.05) is 48.5 Å². The predicted molar refractivity (Wildman–Crippen MR) is 389 cm³/mol. The van der Waals surface area contributed by atoms with Crippen LogP contribution in [0.1, 0.15) is 111 Å². The number of halogens is 12. The molecule has 0 radical (unpaired) electrons. The fourth-order valence-electron chi connectivity index (χ4n) is 9.20. The average Bonchev–Trinajstić information content (AvgIpc) is 1.60. The maximum atomic E-state index is 10.6. The molecule has 0 saturated heterocycles. The zero-order valence-corrected chi connectivity index (χ0v) is 62.8. The number of nitrogens with zero attached hydrogens (tertiary/aromatic N) is 10. The topological polar surface area (TPSA) is 404 Å². The van der Waals surface area contributed by atoms with Gasteiger partial charge in [-0.3, -0.25) is 20.0 Å². The first-order chi connectivity index (χ1) is 49.9. The molecule has 0 saturated carbocycles. The number of hydrogen-bond acceptors (Lipinski definition) is 14. The van der Waals surface area contributed by atoms with Crippen molar-refractivity contribution in [2.24, 2.45) is 20.0 Å². The van der Waals surface area contributed by atoms with E-state index in [0.717, 1.165) is 66.5 Å². The van der Waals surface area contributed by atoms with Crippen LogP contribution in [0, 0.1) is 0 Å². The van der Waals surface area contributed by atoms with Gasteiger partial charge in [-0.1, -0.05) is 0 Å². The molecular formula is C68H82F12N20O8Pd+2. The Morgan fingerprint density at radius 1 is 0.321 bits per heavy atom. The van der Waals surface area contributed by atoms with Gasteiger partial charge < -0.3 is 72.9 Å². The molecule has 109 heavy (non-hydrogen) atoms. The summed E-state index contributed by atoms with van der Waals surface area (Å²) in [7, 11) is 0. The standard InChI is InChI=1S/C60H78N20.4C2HF3O2.Pd/c1-29(2)61-57(62-30(3)4)69-37-17-21-41-45(25-37)53-73-49(41)78-54-47-27-39(71-59(65-33(9)10)66-34(11)12)19-23-43(47)51(75-54)80-56-48-28-40(72-60(67-35(13)14)68-36(15)16)20-24-44(48)52(76-56)79-55-46-26-38(18-22-42(46)50(74-55)77-53)70-58(63-31(5)6)64-32(7)8;4*3-2(4,5)1(6)7;/h17-36H,1-16H3,(H2,61,62,69)(H2,63,64,70)(H2,65,66,71)(H2,67,68,72)(H2,73,74,75,76,77,78,79,80);4*(H,6,7);/q;;;;;+2. The molecule has 0 amide bonds. The number of aromatic nitrogens is 8. The molecular weight excluding hydrogens is 1560 g/mol. The first kappa shape index (κ1) is 90.4. The quantitative estimate of drug-likeness (QED) is 0.0234. The molecule has 41 heteroatoms. The summed E-state index contributed by atoms with van der Waals surface area (Å²) in [6.07, 6.45) is -20.3. The van der Waals surface area contributed by atoms with Crippen LogP contribution in [0.15, 0.2) is 92.8 Å². The Balaban J connectivity index is 0.000000732. The van der Waals surface area contributed by atoms with E-state index in [4.69, 9.17) is 89.5 Å². The fourth-order valence-corrected chi connectivity index (χ4v) is 9.20. The third-order valence-electron chi connectivity index (χ3n) is 13.1. The molecule has 0 unspecified atom stereocenters. The van der Waals surface area contributed by atoms with E-state index in [1.54, 1.807) is 0 Å². The van der Waals surface area contributed by atoms with Crippen molar-refractivity contribution in [2.45, 2.75) is 184 Å². The molecule has 3 aromatic heterocycles. The van der Waals surface area contributed by atoms with Crippen LogP contribution in [0.5, 0.6) is 0 Å². The molecule has 2 aliphatic heterocycles. The van der Waals surface area contributed by atoms with Crippen LogP contribution in [0.3, 0.4) is 0 Å². The Hall–Kier alpha value is -11.0. The number of benzene rings is 4. The number of carbonyl (C=O) groups is 4. The maximum absolute atomic E-state index is 10.6. The van der Waals surface area contributed by atoms with Gasteiger partial charge in [-0.15, -0.1) is 0 Å². The van der Waals surface area contributed by atoms with Crippen molar-refractivity contribution in [3.05, 3.63) is 72.8 Å². The molecule has 4 aromatic carbocycles. The van der Waals surface area contributed by atoms with Crippen molar-refractivity contribution in [3.8, 4) is 45.6 Å². The minimum atomic E-state index is -5.08. The summed E-state index contributed by atoms with van der Waals surface area (Å²) in [5.74, 6) is -6.50. The number of aliphatic carboxylic acids is 4. The molecule has 594 valence electrons. The molecule has 0 aliphatic carbocycles. The van der Waals surface area contributed by atoms with Gasteiger partial charge in [0.15, 0.2) is 47.1 Å². The van der Waals surface area contributed by atoms with Gasteiger partial charge in [0.05, 0.1) is 0 Å². The Morgan fingerprint density at radius 3 is 0.734 bits per heavy atom. The van der Waals surface area contributed by atoms with Gasteiger partial charge in [0.25, 0.3) is 0 Å². The number of aromatic amines is 2. The number of fused-ring (bicyclic) bond motifs is 20. The summed E-state index contributed by atoms with van der Waals surface area (Å²) in [5, 5.41) is 59.8. The molecule has 0 spiro atoms. The van der Waals surface area contributed by atoms with Gasteiger partial charge in [-0.2, -0.15) is 52.7 Å². The van der Waals surface area contributed by atoms with Gasteiger partial charge in [0, 0.05) is 115 Å². The van der Waals surface area contributed by atoms with E-state index in [2.05, 4.69) is 188 Å². The Bertz CT molecular complexity index is 4350. The number of guanidine groups is 4. The zero-order chi connectivity index (χ0) is 81.4. The summed E-state index contributed by atoms with van der Waals surface area (Å²) in [4.78, 5) is 94.4. The smallest absolute Gasteiger partial charge is 0.475 e. The summed E-state index contributed by atoms with van der Waals surface area (Å²) in [6.45, 7) is 33.2. The molecule has 2 aliphatic rings. The number of hydrogen-bond donors (Lipinski definition) is 14. The van der Waals surface area contributed by atoms with Crippen LogP contribution in [-0.4, -0.2) is 181 Å². The van der Waals surface area contributed by atoms with Gasteiger partial charge >= 0.3 is 69.0 Å². The van der Waals surface area contributed by atoms with Crippen LogP contribution in [0.2, 0.25) is 0 Å². The van der Waals surface area contributed by atoms with Crippen LogP contribution >= 0.6 is 0 Å². The molecule has 8 bridgehead atoms. The van der Waals surface area contributed by atoms with Gasteiger partial charge in [-0.25, -0.2) is 49.1 Å². The van der Waals surface area contributed by atoms with Crippen molar-refractivity contribution >= 4 is 115 Å². The number of nitrogens with one attached hydrogen (secondary N) is 10. The second-order valence-corrected chi connectivity index (χ2v) is 25.8. The number of carboxylic acids is 4. The number of rotatable bonds is 12. The molecule has 14 N–H and O–H groups in total. The maximum Gasteiger partial charge on any atom is 2.00 e. The average molecular weight is 1640 g/mol. The van der Waals surface area contributed by atoms with Crippen molar-refractivity contribution in [3.63, 3.8) is 0 Å². The van der Waals surface area contributed by atoms with Crippen LogP contribution in [0.4, 0.5) is 75.4 Å². The Kier molecular flexibility index (Phi) is 31.7. The number of aliphatic imine (C=N–C) groups is 4. The van der Waals surface area contributed by atoms with Gasteiger partial charge in [0.2, 0.25) is 0 Å². The van der Waals surface area contributed by atoms with E-state index in [1.165, 1.54) is 0 Å². The van der Waals surface area contributed by atoms with Crippen LogP contribution in [0.25, 0.3) is 89.7 Å². The number of anilines is 4. The minimum absolute atomic E-state index is 0. The summed E-state index contributed by atoms with van der Waals surface area (Å²) < 4.78 is 127. The van der Waals surface area contributed by atoms with Crippen molar-refractivity contribution in [2.75, 3.05) is 21.3 Å². The van der Waals surface area contributed by atoms with E-state index >= 15 is 0 Å². The zero-order valence-electron chi connectivity index (χ0n) is 61.3. The summed E-state index contributed by atoms with van der Waals surface area (Å²) in [5.41, 5.74) is 8.59. The summed E-state index contributed by atoms with van der Waals surface area (Å²) in [6, 6.07) is 25.3. The van der Waals surface area contributed by atoms with E-state index in [-0.39, 0.29) is 68.8 Å². The molecule has 0 fully saturated rings. The molecule has 0 atom stereocenters. The number of alkyl halides is 12. The van der Waals surface area contributed by atoms with Crippen molar-refractivity contribution in [1.82, 2.24) is 61.1 Å². The molecule has 5 heterocycles. The fraction of sp³-hybridized carbons (Fsp3) is 0.412. The van der Waals surface area contributed by atoms with E-state index < -0.39 is 48.6 Å². The number of H-pyrrole nitrogens is 2. The largest absolute Gasteiger partial charge is 2.00 e. The number of carboxylic acid groups (broad SMARTS) is 4. The third-order valence-corrected chi connectivity index (χ3v) is 13.1. The summed E-state index contributed by atoms with van der Waals surface area (Å²) >= 11 is 0. The molecule has 7 aromatic rings. The monoisotopic (exact) mass is 1640 g/mol. The normalized spacial score (nSPS) is 12.6. The third kappa shape index (κ3) is 28.0. The SMILES string of the molecule is CC(C)N=C(Nc1ccc2c(c1)-c1nc-2nc2[nH]c(nc3nc(nc4[nH]c(n1)c1ccc(NC(=NC(C)C)NC(C)C)cc41)-c1ccc(NC(=NC(C)C)NC(C)C)cc1-3)c1ccc(NC(=NC(C)C)NC(C)C)cc21)NC(C)C.O=C(O)C(F)(F)F.O=C(O)C(F)(F)F.O=C(O)C(F)(F)F.O=C(O)C(F)(F)F.[Pd+2]. The van der Waals surface area contributed by atoms with Crippen molar-refractivity contribution in [1.29, 1.82) is 0 Å². The Labute approximate surface area is 629 Å². The molecule has 9 rings (SSSR count). The van der Waals surface area contributed by atoms with E-state index in [0.29, 0.717) is 69.7 Å². The van der Waals surface area contributed by atoms with Crippen LogP contribution < -0.4 is 42.5 Å². The van der Waals surface area contributed by atoms with E-state index in [9.17, 15) is 52.7 Å². The second-order valence-electron chi connectivity index (χ2n) is 25.8. The van der Waals surface area contributed by atoms with Gasteiger partial charge in [0.1, 0.15) is 22.6 Å². The second kappa shape index (κ2) is 38.2. The first-order valence-corrected chi connectivity index (χ1v) is 32.9. The molecule has 28 nitrogen and oxygen atoms in total. The predicted octanol–water partition coefficient (Wildman–Crippen LogP) is 14.1. The Morgan fingerprint density at radius 2 is 0.523 bits per heavy atom. The van der Waals surface area contributed by atoms with Crippen LogP contribution in [-0.2, 0) is 39.6 Å². The van der Waals surface area contributed by atoms with Gasteiger partial charge in [-0.05, 0) is 184 Å². The van der Waals surface area contributed by atoms with Crippen molar-refractivity contribution < 1.29 is 113 Å². The minimum Gasteiger partial charge on any atom is -0.475 e. The first-order valence-electron chi connectivity index (χ1n) is 32.9.